The van der Waals surface area contributed by atoms with Crippen LogP contribution in [0.4, 0.5) is 0 Å². The highest BCUT2D eigenvalue weighted by Gasteiger charge is 2.42. The van der Waals surface area contributed by atoms with Crippen LogP contribution in [0.3, 0.4) is 0 Å². The van der Waals surface area contributed by atoms with E-state index in [0.29, 0.717) is 17.7 Å². The van der Waals surface area contributed by atoms with E-state index in [9.17, 15) is 4.79 Å². The first-order chi connectivity index (χ1) is 8.09. The summed E-state index contributed by atoms with van der Waals surface area (Å²) in [5.74, 6) is 1.75. The maximum Gasteiger partial charge on any atom is 0.228 e. The normalized spacial score (nSPS) is 32.8. The lowest BCUT2D eigenvalue weighted by molar-refractivity contribution is -0.143. The second kappa shape index (κ2) is 4.97. The van der Waals surface area contributed by atoms with Crippen molar-refractivity contribution in [3.05, 3.63) is 0 Å². The Bertz CT molecular complexity index is 274. The van der Waals surface area contributed by atoms with Crippen molar-refractivity contribution in [1.82, 2.24) is 10.2 Å². The van der Waals surface area contributed by atoms with E-state index < -0.39 is 0 Å². The Labute approximate surface area is 105 Å². The number of carbonyl (C=O) groups excluding carboxylic acids is 1. The van der Waals surface area contributed by atoms with Gasteiger partial charge in [-0.3, -0.25) is 4.79 Å². The molecule has 2 fully saturated rings. The van der Waals surface area contributed by atoms with Gasteiger partial charge >= 0.3 is 0 Å². The van der Waals surface area contributed by atoms with Crippen molar-refractivity contribution in [3.8, 4) is 0 Å². The summed E-state index contributed by atoms with van der Waals surface area (Å²) in [5, 5.41) is 3.37. The molecule has 1 amide bonds. The third-order valence-corrected chi connectivity index (χ3v) is 4.97. The quantitative estimate of drug-likeness (QED) is 0.796. The Morgan fingerprint density at radius 2 is 1.76 bits per heavy atom. The monoisotopic (exact) mass is 238 g/mol. The summed E-state index contributed by atoms with van der Waals surface area (Å²) in [4.78, 5) is 14.9. The van der Waals surface area contributed by atoms with Crippen molar-refractivity contribution in [2.45, 2.75) is 40.0 Å². The number of amides is 1. The molecule has 0 spiro atoms. The topological polar surface area (TPSA) is 32.3 Å². The molecule has 0 aromatic carbocycles. The lowest BCUT2D eigenvalue weighted by Crippen LogP contribution is -2.48. The largest absolute Gasteiger partial charge is 0.342 e. The van der Waals surface area contributed by atoms with E-state index in [2.05, 4.69) is 31.0 Å². The average Bonchev–Trinajstić information content (AvgIpc) is 2.69. The van der Waals surface area contributed by atoms with Gasteiger partial charge in [-0.15, -0.1) is 0 Å². The minimum Gasteiger partial charge on any atom is -0.342 e. The summed E-state index contributed by atoms with van der Waals surface area (Å²) in [6.45, 7) is 10.6. The Morgan fingerprint density at radius 3 is 2.24 bits per heavy atom. The summed E-state index contributed by atoms with van der Waals surface area (Å²) in [6.07, 6.45) is 3.02. The van der Waals surface area contributed by atoms with Crippen LogP contribution >= 0.6 is 0 Å². The first kappa shape index (κ1) is 12.9. The van der Waals surface area contributed by atoms with Crippen LogP contribution in [0.2, 0.25) is 0 Å². The Balaban J connectivity index is 2.07. The average molecular weight is 238 g/mol. The minimum atomic E-state index is -0.0605. The van der Waals surface area contributed by atoms with Gasteiger partial charge in [-0.1, -0.05) is 20.8 Å². The summed E-state index contributed by atoms with van der Waals surface area (Å²) in [6, 6.07) is 0. The molecule has 0 aromatic heterocycles. The van der Waals surface area contributed by atoms with Crippen molar-refractivity contribution in [2.75, 3.05) is 26.2 Å². The van der Waals surface area contributed by atoms with Gasteiger partial charge in [-0.25, -0.2) is 0 Å². The summed E-state index contributed by atoms with van der Waals surface area (Å²) in [7, 11) is 0. The van der Waals surface area contributed by atoms with E-state index in [1.54, 1.807) is 0 Å². The molecule has 17 heavy (non-hydrogen) atoms. The zero-order chi connectivity index (χ0) is 12.5. The second-order valence-corrected chi connectivity index (χ2v) is 6.05. The molecule has 2 aliphatic rings. The number of hydrogen-bond donors (Lipinski definition) is 1. The number of nitrogens with zero attached hydrogens (tertiary/aromatic N) is 1. The molecule has 2 rings (SSSR count). The predicted molar refractivity (Wildman–Crippen MR) is 69.7 cm³/mol. The molecule has 2 atom stereocenters. The van der Waals surface area contributed by atoms with Gasteiger partial charge in [-0.05, 0) is 44.2 Å². The number of piperidine rings is 1. The Kier molecular flexibility index (Phi) is 3.76. The fourth-order valence-electron chi connectivity index (χ4n) is 3.25. The van der Waals surface area contributed by atoms with E-state index in [1.165, 1.54) is 0 Å². The SMILES string of the molecule is CCC1(C(=O)N2CC(C)C(C)C2)CCNCC1. The van der Waals surface area contributed by atoms with E-state index in [4.69, 9.17) is 0 Å². The molecule has 98 valence electrons. The molecular weight excluding hydrogens is 212 g/mol. The zero-order valence-corrected chi connectivity index (χ0v) is 11.5. The van der Waals surface area contributed by atoms with Gasteiger partial charge in [0.2, 0.25) is 5.91 Å². The fourth-order valence-corrected chi connectivity index (χ4v) is 3.25. The maximum atomic E-state index is 12.7. The molecule has 2 aliphatic heterocycles. The standard InChI is InChI=1S/C14H26N2O/c1-4-14(5-7-15-8-6-14)13(17)16-9-11(2)12(3)10-16/h11-12,15H,4-10H2,1-3H3. The molecular formula is C14H26N2O. The van der Waals surface area contributed by atoms with E-state index in [0.717, 1.165) is 45.4 Å². The highest BCUT2D eigenvalue weighted by atomic mass is 16.2. The number of hydrogen-bond acceptors (Lipinski definition) is 2. The van der Waals surface area contributed by atoms with Crippen LogP contribution in [0, 0.1) is 17.3 Å². The van der Waals surface area contributed by atoms with Crippen LogP contribution in [0.15, 0.2) is 0 Å². The van der Waals surface area contributed by atoms with Crippen molar-refractivity contribution >= 4 is 5.91 Å². The fraction of sp³-hybridized carbons (Fsp3) is 0.929. The van der Waals surface area contributed by atoms with Crippen LogP contribution < -0.4 is 5.32 Å². The van der Waals surface area contributed by atoms with Crippen molar-refractivity contribution in [2.24, 2.45) is 17.3 Å². The van der Waals surface area contributed by atoms with Gasteiger partial charge in [0.15, 0.2) is 0 Å². The van der Waals surface area contributed by atoms with E-state index in [1.807, 2.05) is 0 Å². The van der Waals surface area contributed by atoms with Crippen LogP contribution in [0.5, 0.6) is 0 Å². The van der Waals surface area contributed by atoms with Crippen LogP contribution in [-0.2, 0) is 4.79 Å². The predicted octanol–water partition coefficient (Wildman–Crippen LogP) is 1.88. The van der Waals surface area contributed by atoms with Gasteiger partial charge in [0, 0.05) is 13.1 Å². The van der Waals surface area contributed by atoms with Crippen molar-refractivity contribution in [3.63, 3.8) is 0 Å². The molecule has 2 unspecified atom stereocenters. The zero-order valence-electron chi connectivity index (χ0n) is 11.5. The molecule has 0 aromatic rings. The van der Waals surface area contributed by atoms with Crippen molar-refractivity contribution < 1.29 is 4.79 Å². The number of rotatable bonds is 2. The molecule has 0 saturated carbocycles. The van der Waals surface area contributed by atoms with Gasteiger partial charge in [0.1, 0.15) is 0 Å². The molecule has 3 nitrogen and oxygen atoms in total. The molecule has 0 bridgehead atoms. The van der Waals surface area contributed by atoms with Crippen LogP contribution in [-0.4, -0.2) is 37.0 Å². The smallest absolute Gasteiger partial charge is 0.228 e. The highest BCUT2D eigenvalue weighted by Crippen LogP contribution is 2.37. The molecule has 1 N–H and O–H groups in total. The summed E-state index contributed by atoms with van der Waals surface area (Å²) in [5.41, 5.74) is -0.0605. The molecule has 3 heteroatoms. The third kappa shape index (κ3) is 2.35. The third-order valence-electron chi connectivity index (χ3n) is 4.97. The van der Waals surface area contributed by atoms with Gasteiger partial charge in [0.25, 0.3) is 0 Å². The first-order valence-electron chi connectivity index (χ1n) is 7.09. The summed E-state index contributed by atoms with van der Waals surface area (Å²) >= 11 is 0. The Hall–Kier alpha value is -0.570. The molecule has 2 saturated heterocycles. The van der Waals surface area contributed by atoms with E-state index in [-0.39, 0.29) is 5.41 Å². The number of nitrogens with one attached hydrogen (secondary N) is 1. The molecule has 0 radical (unpaired) electrons. The van der Waals surface area contributed by atoms with Crippen LogP contribution in [0.25, 0.3) is 0 Å². The lowest BCUT2D eigenvalue weighted by atomic mass is 9.75. The summed E-state index contributed by atoms with van der Waals surface area (Å²) < 4.78 is 0. The van der Waals surface area contributed by atoms with Crippen LogP contribution in [0.1, 0.15) is 40.0 Å². The highest BCUT2D eigenvalue weighted by molar-refractivity contribution is 5.83. The maximum absolute atomic E-state index is 12.7. The minimum absolute atomic E-state index is 0.0605. The second-order valence-electron chi connectivity index (χ2n) is 6.05. The van der Waals surface area contributed by atoms with Gasteiger partial charge < -0.3 is 10.2 Å². The number of likely N-dealkylation sites (tertiary alicyclic amines) is 1. The van der Waals surface area contributed by atoms with Gasteiger partial charge in [-0.2, -0.15) is 0 Å². The number of carbonyl (C=O) groups is 1. The Morgan fingerprint density at radius 1 is 1.24 bits per heavy atom. The lowest BCUT2D eigenvalue weighted by Gasteiger charge is -2.38. The first-order valence-corrected chi connectivity index (χ1v) is 7.09. The van der Waals surface area contributed by atoms with E-state index >= 15 is 0 Å². The molecule has 2 heterocycles. The molecule has 0 aliphatic carbocycles. The van der Waals surface area contributed by atoms with Gasteiger partial charge in [0.05, 0.1) is 5.41 Å². The van der Waals surface area contributed by atoms with Crippen molar-refractivity contribution in [1.29, 1.82) is 0 Å².